The lowest BCUT2D eigenvalue weighted by Crippen LogP contribution is -2.07. The molecule has 0 fully saturated rings. The molecule has 0 spiro atoms. The molecule has 6 heteroatoms. The van der Waals surface area contributed by atoms with E-state index in [4.69, 9.17) is 0 Å². The zero-order valence-corrected chi connectivity index (χ0v) is 13.0. The number of nitrogens with zero attached hydrogens (tertiary/aromatic N) is 1. The smallest absolute Gasteiger partial charge is 0.339 e. The molecule has 0 radical (unpaired) electrons. The first-order chi connectivity index (χ1) is 9.10. The third-order valence-electron chi connectivity index (χ3n) is 2.56. The minimum Gasteiger partial charge on any atom is -0.465 e. The van der Waals surface area contributed by atoms with Crippen LogP contribution in [0.25, 0.3) is 0 Å². The Hall–Kier alpha value is -1.40. The van der Waals surface area contributed by atoms with Gasteiger partial charge < -0.3 is 10.1 Å². The molecule has 0 aromatic carbocycles. The molecule has 0 unspecified atom stereocenters. The molecule has 0 saturated carbocycles. The van der Waals surface area contributed by atoms with Crippen molar-refractivity contribution >= 4 is 39.1 Å². The van der Waals surface area contributed by atoms with Crippen molar-refractivity contribution in [3.05, 3.63) is 44.2 Å². The van der Waals surface area contributed by atoms with Gasteiger partial charge in [0.1, 0.15) is 5.82 Å². The molecule has 0 saturated heterocycles. The summed E-state index contributed by atoms with van der Waals surface area (Å²) in [6.07, 6.45) is 0. The van der Waals surface area contributed by atoms with E-state index >= 15 is 0 Å². The monoisotopic (exact) mass is 340 g/mol. The van der Waals surface area contributed by atoms with Crippen molar-refractivity contribution in [3.63, 3.8) is 0 Å². The Morgan fingerprint density at radius 1 is 1.42 bits per heavy atom. The third-order valence-corrected chi connectivity index (χ3v) is 4.19. The van der Waals surface area contributed by atoms with Gasteiger partial charge in [0.05, 0.1) is 28.7 Å². The minimum atomic E-state index is -0.362. The van der Waals surface area contributed by atoms with Crippen LogP contribution in [0.3, 0.4) is 0 Å². The lowest BCUT2D eigenvalue weighted by atomic mass is 10.2. The molecule has 2 aromatic heterocycles. The van der Waals surface area contributed by atoms with E-state index in [1.165, 1.54) is 12.0 Å². The van der Waals surface area contributed by atoms with Crippen LogP contribution >= 0.6 is 27.3 Å². The van der Waals surface area contributed by atoms with E-state index in [9.17, 15) is 4.79 Å². The molecule has 0 atom stereocenters. The van der Waals surface area contributed by atoms with E-state index < -0.39 is 0 Å². The van der Waals surface area contributed by atoms with Gasteiger partial charge in [-0.2, -0.15) is 0 Å². The Kier molecular flexibility index (Phi) is 4.55. The molecular weight excluding hydrogens is 328 g/mol. The number of hydrogen-bond donors (Lipinski definition) is 1. The molecule has 0 amide bonds. The zero-order chi connectivity index (χ0) is 13.8. The van der Waals surface area contributed by atoms with Crippen molar-refractivity contribution in [1.29, 1.82) is 0 Å². The van der Waals surface area contributed by atoms with Crippen LogP contribution < -0.4 is 5.32 Å². The van der Waals surface area contributed by atoms with Gasteiger partial charge in [-0.1, -0.05) is 0 Å². The summed E-state index contributed by atoms with van der Waals surface area (Å²) >= 11 is 5.10. The number of rotatable bonds is 4. The second-order valence-electron chi connectivity index (χ2n) is 3.88. The van der Waals surface area contributed by atoms with Gasteiger partial charge in [0, 0.05) is 4.88 Å². The number of nitrogens with one attached hydrogen (secondary N) is 1. The molecule has 100 valence electrons. The van der Waals surface area contributed by atoms with Gasteiger partial charge in [0.2, 0.25) is 0 Å². The maximum atomic E-state index is 11.4. The molecular formula is C13H13BrN2O2S. The first kappa shape index (κ1) is 14.0. The molecule has 4 nitrogen and oxygen atoms in total. The number of halogens is 1. The predicted octanol–water partition coefficient (Wildman–Crippen LogP) is 3.61. The van der Waals surface area contributed by atoms with E-state index in [2.05, 4.69) is 37.0 Å². The summed E-state index contributed by atoms with van der Waals surface area (Å²) in [4.78, 5) is 17.0. The van der Waals surface area contributed by atoms with E-state index in [0.717, 1.165) is 9.60 Å². The van der Waals surface area contributed by atoms with Gasteiger partial charge in [-0.25, -0.2) is 9.78 Å². The topological polar surface area (TPSA) is 51.2 Å². The summed E-state index contributed by atoms with van der Waals surface area (Å²) in [7, 11) is 1.36. The average molecular weight is 341 g/mol. The standard InChI is InChI=1S/C13H13BrN2O2S/c1-8-10(13(17)18-2)4-6-12(16-8)15-7-9-3-5-11(14)19-9/h3-6H,7H2,1-2H3,(H,15,16). The fourth-order valence-electron chi connectivity index (χ4n) is 1.61. The molecule has 0 aliphatic rings. The van der Waals surface area contributed by atoms with E-state index in [-0.39, 0.29) is 5.97 Å². The Bertz CT molecular complexity index is 598. The van der Waals surface area contributed by atoms with Crippen LogP contribution in [0.15, 0.2) is 28.1 Å². The third kappa shape index (κ3) is 3.54. The van der Waals surface area contributed by atoms with Crippen molar-refractivity contribution in [3.8, 4) is 0 Å². The highest BCUT2D eigenvalue weighted by Gasteiger charge is 2.10. The van der Waals surface area contributed by atoms with Gasteiger partial charge in [-0.05, 0) is 47.1 Å². The molecule has 2 aromatic rings. The zero-order valence-electron chi connectivity index (χ0n) is 10.6. The number of anilines is 1. The fraction of sp³-hybridized carbons (Fsp3) is 0.231. The highest BCUT2D eigenvalue weighted by atomic mass is 79.9. The van der Waals surface area contributed by atoms with Gasteiger partial charge in [0.25, 0.3) is 0 Å². The van der Waals surface area contributed by atoms with Crippen molar-refractivity contribution in [1.82, 2.24) is 4.98 Å². The number of esters is 1. The molecule has 19 heavy (non-hydrogen) atoms. The molecule has 2 heterocycles. The summed E-state index contributed by atoms with van der Waals surface area (Å²) in [5.41, 5.74) is 1.15. The number of carbonyl (C=O) groups is 1. The first-order valence-corrected chi connectivity index (χ1v) is 7.25. The van der Waals surface area contributed by atoms with E-state index in [1.807, 2.05) is 6.07 Å². The number of carbonyl (C=O) groups excluding carboxylic acids is 1. The van der Waals surface area contributed by atoms with Crippen LogP contribution in [0, 0.1) is 6.92 Å². The van der Waals surface area contributed by atoms with Crippen LogP contribution in [-0.2, 0) is 11.3 Å². The summed E-state index contributed by atoms with van der Waals surface area (Å²) in [5.74, 6) is 0.383. The van der Waals surface area contributed by atoms with Gasteiger partial charge in [0.15, 0.2) is 0 Å². The molecule has 0 bridgehead atoms. The summed E-state index contributed by atoms with van der Waals surface area (Å²) in [5, 5.41) is 3.23. The number of thiophene rings is 1. The molecule has 2 rings (SSSR count). The number of methoxy groups -OCH3 is 1. The minimum absolute atomic E-state index is 0.362. The Labute approximate surface area is 124 Å². The van der Waals surface area contributed by atoms with Gasteiger partial charge >= 0.3 is 5.97 Å². The number of aryl methyl sites for hydroxylation is 1. The lowest BCUT2D eigenvalue weighted by Gasteiger charge is -2.07. The predicted molar refractivity (Wildman–Crippen MR) is 79.7 cm³/mol. The van der Waals surface area contributed by atoms with Gasteiger partial charge in [-0.3, -0.25) is 0 Å². The normalized spacial score (nSPS) is 10.3. The Morgan fingerprint density at radius 2 is 2.21 bits per heavy atom. The molecule has 0 aliphatic carbocycles. The average Bonchev–Trinajstić information content (AvgIpc) is 2.81. The van der Waals surface area contributed by atoms with Crippen molar-refractivity contribution in [2.24, 2.45) is 0 Å². The van der Waals surface area contributed by atoms with Crippen LogP contribution in [0.1, 0.15) is 20.9 Å². The van der Waals surface area contributed by atoms with Crippen LogP contribution in [0.5, 0.6) is 0 Å². The number of hydrogen-bond acceptors (Lipinski definition) is 5. The number of pyridine rings is 1. The maximum Gasteiger partial charge on any atom is 0.339 e. The quantitative estimate of drug-likeness (QED) is 0.863. The Balaban J connectivity index is 2.06. The van der Waals surface area contributed by atoms with E-state index in [0.29, 0.717) is 17.8 Å². The number of aromatic nitrogens is 1. The second kappa shape index (κ2) is 6.16. The van der Waals surface area contributed by atoms with E-state index in [1.54, 1.807) is 30.4 Å². The number of ether oxygens (including phenoxy) is 1. The van der Waals surface area contributed by atoms with Crippen LogP contribution in [-0.4, -0.2) is 18.1 Å². The first-order valence-electron chi connectivity index (χ1n) is 5.64. The lowest BCUT2D eigenvalue weighted by molar-refractivity contribution is 0.0599. The fourth-order valence-corrected chi connectivity index (χ4v) is 3.03. The largest absolute Gasteiger partial charge is 0.465 e. The summed E-state index contributed by atoms with van der Waals surface area (Å²) in [6.45, 7) is 2.50. The maximum absolute atomic E-state index is 11.4. The molecule has 0 aliphatic heterocycles. The van der Waals surface area contributed by atoms with Crippen LogP contribution in [0.4, 0.5) is 5.82 Å². The van der Waals surface area contributed by atoms with Crippen molar-refractivity contribution < 1.29 is 9.53 Å². The highest BCUT2D eigenvalue weighted by molar-refractivity contribution is 9.11. The van der Waals surface area contributed by atoms with Crippen LogP contribution in [0.2, 0.25) is 0 Å². The van der Waals surface area contributed by atoms with Crippen molar-refractivity contribution in [2.45, 2.75) is 13.5 Å². The summed E-state index contributed by atoms with van der Waals surface area (Å²) in [6, 6.07) is 7.57. The second-order valence-corrected chi connectivity index (χ2v) is 6.43. The SMILES string of the molecule is COC(=O)c1ccc(NCc2ccc(Br)s2)nc1C. The highest BCUT2D eigenvalue weighted by Crippen LogP contribution is 2.22. The Morgan fingerprint density at radius 3 is 2.79 bits per heavy atom. The van der Waals surface area contributed by atoms with Crippen molar-refractivity contribution in [2.75, 3.05) is 12.4 Å². The summed E-state index contributed by atoms with van der Waals surface area (Å²) < 4.78 is 5.79. The van der Waals surface area contributed by atoms with Gasteiger partial charge in [-0.15, -0.1) is 11.3 Å². The molecule has 1 N–H and O–H groups in total.